The van der Waals surface area contributed by atoms with Crippen molar-refractivity contribution in [3.63, 3.8) is 0 Å². The van der Waals surface area contributed by atoms with E-state index in [1.807, 2.05) is 0 Å². The van der Waals surface area contributed by atoms with Crippen LogP contribution in [0, 0.1) is 6.92 Å². The van der Waals surface area contributed by atoms with Crippen LogP contribution in [0.2, 0.25) is 0 Å². The number of hydrogen-bond acceptors (Lipinski definition) is 10. The molecule has 0 spiro atoms. The highest BCUT2D eigenvalue weighted by molar-refractivity contribution is 7.18. The predicted molar refractivity (Wildman–Crippen MR) is 122 cm³/mol. The molecule has 10 nitrogen and oxygen atoms in total. The number of thiophene rings is 1. The number of amides is 1. The molecule has 1 aromatic carbocycles. The van der Waals surface area contributed by atoms with Gasteiger partial charge in [0.2, 0.25) is 0 Å². The number of ether oxygens (including phenoxy) is 3. The molecule has 0 aliphatic heterocycles. The van der Waals surface area contributed by atoms with Crippen LogP contribution in [0.5, 0.6) is 0 Å². The number of para-hydroxylation sites is 1. The van der Waals surface area contributed by atoms with E-state index in [2.05, 4.69) is 5.32 Å². The van der Waals surface area contributed by atoms with Gasteiger partial charge in [-0.25, -0.2) is 19.2 Å². The van der Waals surface area contributed by atoms with Gasteiger partial charge in [0.25, 0.3) is 5.91 Å². The maximum absolute atomic E-state index is 12.4. The number of hydrogen-bond donors (Lipinski definition) is 1. The van der Waals surface area contributed by atoms with E-state index in [4.69, 9.17) is 18.6 Å². The van der Waals surface area contributed by atoms with Gasteiger partial charge in [-0.1, -0.05) is 18.2 Å². The van der Waals surface area contributed by atoms with E-state index in [-0.39, 0.29) is 34.2 Å². The highest BCUT2D eigenvalue weighted by Gasteiger charge is 2.27. The van der Waals surface area contributed by atoms with Crippen molar-refractivity contribution in [3.05, 3.63) is 62.3 Å². The molecule has 2 heterocycles. The molecule has 11 heteroatoms. The third kappa shape index (κ3) is 5.31. The van der Waals surface area contributed by atoms with Gasteiger partial charge in [0.15, 0.2) is 6.61 Å². The molecule has 34 heavy (non-hydrogen) atoms. The van der Waals surface area contributed by atoms with Crippen molar-refractivity contribution in [3.8, 4) is 0 Å². The average molecular weight is 487 g/mol. The van der Waals surface area contributed by atoms with Crippen molar-refractivity contribution in [1.29, 1.82) is 0 Å². The summed E-state index contributed by atoms with van der Waals surface area (Å²) in [7, 11) is 0. The van der Waals surface area contributed by atoms with Gasteiger partial charge in [-0.3, -0.25) is 4.79 Å². The van der Waals surface area contributed by atoms with Crippen LogP contribution in [0.4, 0.5) is 5.00 Å². The second-order valence-corrected chi connectivity index (χ2v) is 7.83. The van der Waals surface area contributed by atoms with Crippen LogP contribution in [0.15, 0.2) is 39.5 Å². The van der Waals surface area contributed by atoms with Gasteiger partial charge < -0.3 is 23.9 Å². The lowest BCUT2D eigenvalue weighted by Gasteiger charge is -2.08. The fraction of sp³-hybridized carbons (Fsp3) is 0.261. The Morgan fingerprint density at radius 1 is 0.971 bits per heavy atom. The fourth-order valence-corrected chi connectivity index (χ4v) is 4.12. The molecule has 0 radical (unpaired) electrons. The van der Waals surface area contributed by atoms with Gasteiger partial charge in [0.1, 0.15) is 21.0 Å². The molecule has 0 atom stereocenters. The van der Waals surface area contributed by atoms with Gasteiger partial charge in [0, 0.05) is 5.39 Å². The van der Waals surface area contributed by atoms with E-state index in [0.29, 0.717) is 16.5 Å². The molecule has 0 saturated carbocycles. The summed E-state index contributed by atoms with van der Waals surface area (Å²) in [4.78, 5) is 61.6. The molecule has 178 valence electrons. The molecular weight excluding hydrogens is 466 g/mol. The van der Waals surface area contributed by atoms with Crippen LogP contribution in [-0.2, 0) is 19.0 Å². The molecule has 0 unspecified atom stereocenters. The number of carbonyl (C=O) groups is 4. The minimum atomic E-state index is -1.05. The minimum Gasteiger partial charge on any atom is -0.462 e. The van der Waals surface area contributed by atoms with Crippen LogP contribution in [0.25, 0.3) is 11.0 Å². The van der Waals surface area contributed by atoms with Crippen molar-refractivity contribution in [2.75, 3.05) is 25.1 Å². The quantitative estimate of drug-likeness (QED) is 0.288. The smallest absolute Gasteiger partial charge is 0.351 e. The van der Waals surface area contributed by atoms with E-state index in [9.17, 15) is 24.0 Å². The lowest BCUT2D eigenvalue weighted by atomic mass is 10.1. The summed E-state index contributed by atoms with van der Waals surface area (Å²) in [6.45, 7) is 4.25. The van der Waals surface area contributed by atoms with Gasteiger partial charge in [-0.15, -0.1) is 11.3 Å². The van der Waals surface area contributed by atoms with Gasteiger partial charge in [-0.05, 0) is 38.5 Å². The third-order valence-corrected chi connectivity index (χ3v) is 5.72. The standard InChI is InChI=1S/C23H21NO9S/c1-4-30-22(28)17-12(3)18(23(29)31-5-2)34-19(17)24-16(25)11-32-20(26)14-10-13-8-6-7-9-15(13)33-21(14)27/h6-10H,4-5,11H2,1-3H3,(H,24,25). The SMILES string of the molecule is CCOC(=O)c1sc(NC(=O)COC(=O)c2cc3ccccc3oc2=O)c(C(=O)OCC)c1C. The van der Waals surface area contributed by atoms with E-state index < -0.39 is 36.0 Å². The Labute approximate surface area is 197 Å². The summed E-state index contributed by atoms with van der Waals surface area (Å²) in [6.07, 6.45) is 0. The molecular formula is C23H21NO9S. The summed E-state index contributed by atoms with van der Waals surface area (Å²) >= 11 is 0.838. The first-order chi connectivity index (χ1) is 16.3. The number of anilines is 1. The molecule has 3 rings (SSSR count). The maximum atomic E-state index is 12.4. The maximum Gasteiger partial charge on any atom is 0.351 e. The van der Waals surface area contributed by atoms with Crippen LogP contribution < -0.4 is 10.9 Å². The zero-order valence-corrected chi connectivity index (χ0v) is 19.4. The minimum absolute atomic E-state index is 0.00440. The first-order valence-electron chi connectivity index (χ1n) is 10.2. The lowest BCUT2D eigenvalue weighted by molar-refractivity contribution is -0.119. The van der Waals surface area contributed by atoms with Crippen LogP contribution in [0.3, 0.4) is 0 Å². The topological polar surface area (TPSA) is 138 Å². The first kappa shape index (κ1) is 24.6. The third-order valence-electron chi connectivity index (χ3n) is 4.54. The average Bonchev–Trinajstić information content (AvgIpc) is 3.13. The second-order valence-electron chi connectivity index (χ2n) is 6.81. The van der Waals surface area contributed by atoms with Crippen molar-refractivity contribution in [2.24, 2.45) is 0 Å². The Hall–Kier alpha value is -3.99. The lowest BCUT2D eigenvalue weighted by Crippen LogP contribution is -2.24. The molecule has 0 fully saturated rings. The number of carbonyl (C=O) groups excluding carboxylic acids is 4. The number of nitrogens with one attached hydrogen (secondary N) is 1. The van der Waals surface area contributed by atoms with Crippen LogP contribution in [0.1, 0.15) is 49.8 Å². The van der Waals surface area contributed by atoms with Gasteiger partial charge in [0.05, 0.1) is 18.8 Å². The van der Waals surface area contributed by atoms with Crippen molar-refractivity contribution in [1.82, 2.24) is 0 Å². The number of esters is 3. The Morgan fingerprint density at radius 2 is 1.65 bits per heavy atom. The molecule has 1 N–H and O–H groups in total. The Morgan fingerprint density at radius 3 is 2.35 bits per heavy atom. The number of benzene rings is 1. The van der Waals surface area contributed by atoms with E-state index in [1.54, 1.807) is 38.1 Å². The molecule has 0 aliphatic rings. The van der Waals surface area contributed by atoms with E-state index >= 15 is 0 Å². The number of fused-ring (bicyclic) bond motifs is 1. The highest BCUT2D eigenvalue weighted by Crippen LogP contribution is 2.34. The van der Waals surface area contributed by atoms with E-state index in [0.717, 1.165) is 11.3 Å². The zero-order chi connectivity index (χ0) is 24.8. The Bertz CT molecular complexity index is 1320. The van der Waals surface area contributed by atoms with Gasteiger partial charge >= 0.3 is 23.5 Å². The summed E-state index contributed by atoms with van der Waals surface area (Å²) in [6, 6.07) is 7.93. The van der Waals surface area contributed by atoms with Crippen LogP contribution >= 0.6 is 11.3 Å². The number of rotatable bonds is 8. The summed E-state index contributed by atoms with van der Waals surface area (Å²) < 4.78 is 20.1. The largest absolute Gasteiger partial charge is 0.462 e. The van der Waals surface area contributed by atoms with Crippen molar-refractivity contribution >= 4 is 51.1 Å². The molecule has 0 saturated heterocycles. The monoisotopic (exact) mass is 487 g/mol. The molecule has 3 aromatic rings. The highest BCUT2D eigenvalue weighted by atomic mass is 32.1. The summed E-state index contributed by atoms with van der Waals surface area (Å²) in [5, 5.41) is 3.01. The van der Waals surface area contributed by atoms with Crippen molar-refractivity contribution in [2.45, 2.75) is 20.8 Å². The van der Waals surface area contributed by atoms with Crippen LogP contribution in [-0.4, -0.2) is 43.6 Å². The van der Waals surface area contributed by atoms with Gasteiger partial charge in [-0.2, -0.15) is 0 Å². The molecule has 0 bridgehead atoms. The fourth-order valence-electron chi connectivity index (χ4n) is 3.02. The first-order valence-corrected chi connectivity index (χ1v) is 11.1. The zero-order valence-electron chi connectivity index (χ0n) is 18.6. The normalized spacial score (nSPS) is 10.6. The molecule has 2 aromatic heterocycles. The van der Waals surface area contributed by atoms with E-state index in [1.165, 1.54) is 13.0 Å². The molecule has 1 amide bonds. The predicted octanol–water partition coefficient (Wildman–Crippen LogP) is 3.31. The van der Waals surface area contributed by atoms with Crippen molar-refractivity contribution < 1.29 is 37.8 Å². The second kappa shape index (κ2) is 10.8. The summed E-state index contributed by atoms with van der Waals surface area (Å²) in [5.41, 5.74) is -0.663. The molecule has 0 aliphatic carbocycles. The Kier molecular flexibility index (Phi) is 7.79. The summed E-state index contributed by atoms with van der Waals surface area (Å²) in [5.74, 6) is -3.21. The Balaban J connectivity index is 1.76.